The summed E-state index contributed by atoms with van der Waals surface area (Å²) in [7, 11) is 1.92. The van der Waals surface area contributed by atoms with E-state index in [0.29, 0.717) is 42.7 Å². The first-order chi connectivity index (χ1) is 11.7. The molecule has 6 heteroatoms. The summed E-state index contributed by atoms with van der Waals surface area (Å²) in [4.78, 5) is 14.9. The van der Waals surface area contributed by atoms with Gasteiger partial charge in [-0.05, 0) is 31.0 Å². The Hall–Kier alpha value is -2.50. The van der Waals surface area contributed by atoms with E-state index < -0.39 is 0 Å². The number of carbonyl (C=O) groups is 1. The Morgan fingerprint density at radius 1 is 1.25 bits per heavy atom. The third kappa shape index (κ3) is 2.72. The molecule has 2 aliphatic heterocycles. The first kappa shape index (κ1) is 15.1. The van der Waals surface area contributed by atoms with Crippen LogP contribution in [0, 0.1) is 0 Å². The Morgan fingerprint density at radius 3 is 2.96 bits per heavy atom. The second-order valence-electron chi connectivity index (χ2n) is 6.33. The largest absolute Gasteiger partial charge is 0.486 e. The second-order valence-corrected chi connectivity index (χ2v) is 6.33. The summed E-state index contributed by atoms with van der Waals surface area (Å²) < 4.78 is 13.1. The monoisotopic (exact) mass is 327 g/mol. The van der Waals surface area contributed by atoms with Gasteiger partial charge in [0, 0.05) is 32.3 Å². The summed E-state index contributed by atoms with van der Waals surface area (Å²) in [5.41, 5.74) is 1.65. The molecule has 1 saturated heterocycles. The molecule has 1 aromatic carbocycles. The zero-order valence-electron chi connectivity index (χ0n) is 13.8. The molecule has 3 heterocycles. The van der Waals surface area contributed by atoms with Gasteiger partial charge in [0.05, 0.1) is 11.3 Å². The van der Waals surface area contributed by atoms with Gasteiger partial charge >= 0.3 is 0 Å². The van der Waals surface area contributed by atoms with Gasteiger partial charge in [0.1, 0.15) is 13.2 Å². The van der Waals surface area contributed by atoms with E-state index in [0.717, 1.165) is 25.1 Å². The van der Waals surface area contributed by atoms with Crippen molar-refractivity contribution in [2.45, 2.75) is 18.8 Å². The minimum Gasteiger partial charge on any atom is -0.486 e. The fourth-order valence-electron chi connectivity index (χ4n) is 3.47. The van der Waals surface area contributed by atoms with E-state index >= 15 is 0 Å². The van der Waals surface area contributed by atoms with Crippen LogP contribution >= 0.6 is 0 Å². The molecule has 24 heavy (non-hydrogen) atoms. The molecule has 0 radical (unpaired) electrons. The zero-order chi connectivity index (χ0) is 16.5. The van der Waals surface area contributed by atoms with Crippen LogP contribution in [0.25, 0.3) is 0 Å². The summed E-state index contributed by atoms with van der Waals surface area (Å²) in [6.45, 7) is 2.47. The van der Waals surface area contributed by atoms with Gasteiger partial charge in [0.25, 0.3) is 5.91 Å². The van der Waals surface area contributed by atoms with E-state index in [9.17, 15) is 4.79 Å². The number of piperidine rings is 1. The first-order valence-corrected chi connectivity index (χ1v) is 8.40. The molecule has 2 aliphatic rings. The molecule has 0 saturated carbocycles. The van der Waals surface area contributed by atoms with Crippen LogP contribution in [-0.2, 0) is 7.05 Å². The number of rotatable bonds is 2. The molecule has 126 valence electrons. The lowest BCUT2D eigenvalue weighted by Gasteiger charge is -2.33. The van der Waals surface area contributed by atoms with Gasteiger partial charge in [0.15, 0.2) is 11.5 Å². The Balaban J connectivity index is 1.56. The lowest BCUT2D eigenvalue weighted by Crippen LogP contribution is -2.39. The van der Waals surface area contributed by atoms with Gasteiger partial charge in [-0.2, -0.15) is 5.10 Å². The SMILES string of the molecule is Cn1ccc(C2CCCN(C(=O)c3cccc4c3OCCO4)C2)n1. The summed E-state index contributed by atoms with van der Waals surface area (Å²) in [5.74, 6) is 1.54. The van der Waals surface area contributed by atoms with Gasteiger partial charge in [-0.3, -0.25) is 9.48 Å². The fourth-order valence-corrected chi connectivity index (χ4v) is 3.47. The molecular weight excluding hydrogens is 306 g/mol. The maximum absolute atomic E-state index is 13.0. The molecule has 4 rings (SSSR count). The number of likely N-dealkylation sites (tertiary alicyclic amines) is 1. The minimum atomic E-state index is 0.0120. The topological polar surface area (TPSA) is 56.6 Å². The predicted molar refractivity (Wildman–Crippen MR) is 88.5 cm³/mol. The molecular formula is C18H21N3O3. The van der Waals surface area contributed by atoms with Crippen LogP contribution in [0.1, 0.15) is 34.8 Å². The molecule has 6 nitrogen and oxygen atoms in total. The van der Waals surface area contributed by atoms with E-state index in [1.807, 2.05) is 47.1 Å². The molecule has 0 spiro atoms. The predicted octanol–water partition coefficient (Wildman–Crippen LogP) is 2.21. The third-order valence-electron chi connectivity index (χ3n) is 4.66. The lowest BCUT2D eigenvalue weighted by molar-refractivity contribution is 0.0695. The maximum Gasteiger partial charge on any atom is 0.257 e. The lowest BCUT2D eigenvalue weighted by atomic mass is 9.94. The second kappa shape index (κ2) is 6.19. The smallest absolute Gasteiger partial charge is 0.257 e. The quantitative estimate of drug-likeness (QED) is 0.849. The summed E-state index contributed by atoms with van der Waals surface area (Å²) >= 11 is 0. The van der Waals surface area contributed by atoms with E-state index in [-0.39, 0.29) is 5.91 Å². The first-order valence-electron chi connectivity index (χ1n) is 8.40. The highest BCUT2D eigenvalue weighted by atomic mass is 16.6. The number of aromatic nitrogens is 2. The van der Waals surface area contributed by atoms with Crippen LogP contribution in [0.2, 0.25) is 0 Å². The van der Waals surface area contributed by atoms with Gasteiger partial charge in [-0.15, -0.1) is 0 Å². The summed E-state index contributed by atoms with van der Waals surface area (Å²) in [6, 6.07) is 7.55. The Kier molecular flexibility index (Phi) is 3.88. The molecule has 0 N–H and O–H groups in total. The Morgan fingerprint density at radius 2 is 2.12 bits per heavy atom. The van der Waals surface area contributed by atoms with Crippen molar-refractivity contribution < 1.29 is 14.3 Å². The highest BCUT2D eigenvalue weighted by Crippen LogP contribution is 2.35. The molecule has 0 bridgehead atoms. The number of aryl methyl sites for hydroxylation is 1. The molecule has 1 amide bonds. The normalized spacial score (nSPS) is 20.0. The summed E-state index contributed by atoms with van der Waals surface area (Å²) in [6.07, 6.45) is 4.00. The average Bonchev–Trinajstić information content (AvgIpc) is 3.07. The Labute approximate surface area is 141 Å². The molecule has 1 aromatic heterocycles. The van der Waals surface area contributed by atoms with Crippen molar-refractivity contribution >= 4 is 5.91 Å². The van der Waals surface area contributed by atoms with Crippen molar-refractivity contribution in [1.82, 2.24) is 14.7 Å². The molecule has 0 aliphatic carbocycles. The van der Waals surface area contributed by atoms with Crippen LogP contribution < -0.4 is 9.47 Å². The molecule has 1 unspecified atom stereocenters. The van der Waals surface area contributed by atoms with Crippen LogP contribution in [0.5, 0.6) is 11.5 Å². The van der Waals surface area contributed by atoms with Crippen molar-refractivity contribution in [1.29, 1.82) is 0 Å². The molecule has 2 aromatic rings. The highest BCUT2D eigenvalue weighted by Gasteiger charge is 2.29. The number of carbonyl (C=O) groups excluding carboxylic acids is 1. The van der Waals surface area contributed by atoms with E-state index in [1.54, 1.807) is 0 Å². The van der Waals surface area contributed by atoms with Crippen molar-refractivity contribution in [3.05, 3.63) is 41.7 Å². The number of ether oxygens (including phenoxy) is 2. The third-order valence-corrected chi connectivity index (χ3v) is 4.66. The number of hydrogen-bond donors (Lipinski definition) is 0. The number of para-hydroxylation sites is 1. The van der Waals surface area contributed by atoms with Gasteiger partial charge in [0.2, 0.25) is 0 Å². The number of fused-ring (bicyclic) bond motifs is 1. The van der Waals surface area contributed by atoms with Crippen LogP contribution in [-0.4, -0.2) is 46.9 Å². The number of hydrogen-bond acceptors (Lipinski definition) is 4. The molecule has 1 fully saturated rings. The van der Waals surface area contributed by atoms with E-state index in [4.69, 9.17) is 9.47 Å². The van der Waals surface area contributed by atoms with Crippen molar-refractivity contribution in [3.8, 4) is 11.5 Å². The number of benzene rings is 1. The zero-order valence-corrected chi connectivity index (χ0v) is 13.8. The van der Waals surface area contributed by atoms with Crippen molar-refractivity contribution in [2.24, 2.45) is 7.05 Å². The van der Waals surface area contributed by atoms with Crippen LogP contribution in [0.4, 0.5) is 0 Å². The number of amides is 1. The highest BCUT2D eigenvalue weighted by molar-refractivity contribution is 5.98. The fraction of sp³-hybridized carbons (Fsp3) is 0.444. The average molecular weight is 327 g/mol. The molecule has 1 atom stereocenters. The van der Waals surface area contributed by atoms with E-state index in [2.05, 4.69) is 5.10 Å². The minimum absolute atomic E-state index is 0.0120. The Bertz CT molecular complexity index is 756. The van der Waals surface area contributed by atoms with Gasteiger partial charge in [-0.1, -0.05) is 6.07 Å². The summed E-state index contributed by atoms with van der Waals surface area (Å²) in [5, 5.41) is 4.51. The number of nitrogens with zero attached hydrogens (tertiary/aromatic N) is 3. The van der Waals surface area contributed by atoms with Crippen molar-refractivity contribution in [3.63, 3.8) is 0 Å². The van der Waals surface area contributed by atoms with Crippen LogP contribution in [0.3, 0.4) is 0 Å². The standard InChI is InChI=1S/C18H21N3O3/c1-20-9-7-15(19-20)13-4-3-8-21(12-13)18(22)14-5-2-6-16-17(14)24-11-10-23-16/h2,5-7,9,13H,3-4,8,10-12H2,1H3. The van der Waals surface area contributed by atoms with Crippen LogP contribution in [0.15, 0.2) is 30.5 Å². The van der Waals surface area contributed by atoms with Gasteiger partial charge in [-0.25, -0.2) is 0 Å². The van der Waals surface area contributed by atoms with Crippen molar-refractivity contribution in [2.75, 3.05) is 26.3 Å². The van der Waals surface area contributed by atoms with E-state index in [1.165, 1.54) is 0 Å². The maximum atomic E-state index is 13.0. The van der Waals surface area contributed by atoms with Gasteiger partial charge < -0.3 is 14.4 Å².